The van der Waals surface area contributed by atoms with Gasteiger partial charge in [0.05, 0.1) is 11.9 Å². The molecule has 1 N–H and O–H groups in total. The SMILES string of the molecule is CC(C)c1nc2ccnn2c(NCc2ccccc2)c1C#N. The molecule has 3 aromatic rings. The van der Waals surface area contributed by atoms with E-state index in [2.05, 4.69) is 21.5 Å². The quantitative estimate of drug-likeness (QED) is 0.800. The predicted molar refractivity (Wildman–Crippen MR) is 85.6 cm³/mol. The van der Waals surface area contributed by atoms with Gasteiger partial charge in [-0.3, -0.25) is 0 Å². The van der Waals surface area contributed by atoms with Gasteiger partial charge in [0.25, 0.3) is 0 Å². The molecule has 22 heavy (non-hydrogen) atoms. The van der Waals surface area contributed by atoms with E-state index in [1.807, 2.05) is 50.2 Å². The van der Waals surface area contributed by atoms with E-state index in [1.165, 1.54) is 0 Å². The molecule has 0 aliphatic carbocycles. The summed E-state index contributed by atoms with van der Waals surface area (Å²) in [5.41, 5.74) is 3.25. The Kier molecular flexibility index (Phi) is 3.75. The number of anilines is 1. The Balaban J connectivity index is 2.06. The van der Waals surface area contributed by atoms with Crippen LogP contribution in [0.25, 0.3) is 5.65 Å². The van der Waals surface area contributed by atoms with E-state index in [1.54, 1.807) is 10.7 Å². The minimum absolute atomic E-state index is 0.173. The molecular formula is C17H17N5. The zero-order chi connectivity index (χ0) is 15.5. The third-order valence-corrected chi connectivity index (χ3v) is 3.52. The van der Waals surface area contributed by atoms with Crippen LogP contribution in [0.2, 0.25) is 0 Å². The molecule has 110 valence electrons. The predicted octanol–water partition coefficient (Wildman–Crippen LogP) is 3.34. The highest BCUT2D eigenvalue weighted by atomic mass is 15.3. The Morgan fingerprint density at radius 1 is 1.23 bits per heavy atom. The Hall–Kier alpha value is -2.87. The molecule has 0 aliphatic rings. The number of hydrogen-bond acceptors (Lipinski definition) is 4. The summed E-state index contributed by atoms with van der Waals surface area (Å²) in [6.07, 6.45) is 1.70. The Labute approximate surface area is 129 Å². The van der Waals surface area contributed by atoms with E-state index in [0.717, 1.165) is 16.9 Å². The molecule has 0 unspecified atom stereocenters. The minimum atomic E-state index is 0.173. The molecule has 0 atom stereocenters. The van der Waals surface area contributed by atoms with Crippen LogP contribution in [0.15, 0.2) is 42.6 Å². The largest absolute Gasteiger partial charge is 0.365 e. The summed E-state index contributed by atoms with van der Waals surface area (Å²) in [6, 6.07) is 14.2. The second-order valence-electron chi connectivity index (χ2n) is 5.43. The molecule has 0 aliphatic heterocycles. The van der Waals surface area contributed by atoms with E-state index in [4.69, 9.17) is 0 Å². The first kappa shape index (κ1) is 14.1. The van der Waals surface area contributed by atoms with Gasteiger partial charge in [-0.2, -0.15) is 14.9 Å². The van der Waals surface area contributed by atoms with Crippen LogP contribution in [-0.2, 0) is 6.54 Å². The molecular weight excluding hydrogens is 274 g/mol. The Morgan fingerprint density at radius 2 is 2.00 bits per heavy atom. The molecule has 0 saturated heterocycles. The standard InChI is InChI=1S/C17H17N5/c1-12(2)16-14(10-18)17(22-15(21-16)8-9-20-22)19-11-13-6-4-3-5-7-13/h3-9,12,19H,11H2,1-2H3. The van der Waals surface area contributed by atoms with Crippen molar-refractivity contribution in [1.82, 2.24) is 14.6 Å². The number of fused-ring (bicyclic) bond motifs is 1. The van der Waals surface area contributed by atoms with E-state index in [0.29, 0.717) is 17.9 Å². The average molecular weight is 291 g/mol. The fourth-order valence-electron chi connectivity index (χ4n) is 2.43. The van der Waals surface area contributed by atoms with Crippen LogP contribution in [-0.4, -0.2) is 14.6 Å². The molecule has 5 nitrogen and oxygen atoms in total. The van der Waals surface area contributed by atoms with Gasteiger partial charge in [-0.05, 0) is 11.5 Å². The fourth-order valence-corrected chi connectivity index (χ4v) is 2.43. The topological polar surface area (TPSA) is 66.0 Å². The van der Waals surface area contributed by atoms with Crippen LogP contribution in [0, 0.1) is 11.3 Å². The molecule has 0 spiro atoms. The van der Waals surface area contributed by atoms with Crippen molar-refractivity contribution in [1.29, 1.82) is 5.26 Å². The number of hydrogen-bond donors (Lipinski definition) is 1. The van der Waals surface area contributed by atoms with Gasteiger partial charge >= 0.3 is 0 Å². The van der Waals surface area contributed by atoms with E-state index < -0.39 is 0 Å². The molecule has 2 heterocycles. The lowest BCUT2D eigenvalue weighted by Gasteiger charge is -2.15. The first-order valence-corrected chi connectivity index (χ1v) is 7.26. The number of benzene rings is 1. The van der Waals surface area contributed by atoms with Gasteiger partial charge in [-0.1, -0.05) is 44.2 Å². The lowest BCUT2D eigenvalue weighted by atomic mass is 10.0. The van der Waals surface area contributed by atoms with E-state index >= 15 is 0 Å². The van der Waals surface area contributed by atoms with Gasteiger partial charge in [-0.25, -0.2) is 4.98 Å². The summed E-state index contributed by atoms with van der Waals surface area (Å²) < 4.78 is 1.69. The summed E-state index contributed by atoms with van der Waals surface area (Å²) in [5.74, 6) is 0.872. The molecule has 1 aromatic carbocycles. The van der Waals surface area contributed by atoms with Crippen LogP contribution in [0.5, 0.6) is 0 Å². The van der Waals surface area contributed by atoms with Crippen LogP contribution >= 0.6 is 0 Å². The second-order valence-corrected chi connectivity index (χ2v) is 5.43. The summed E-state index contributed by atoms with van der Waals surface area (Å²) >= 11 is 0. The zero-order valence-electron chi connectivity index (χ0n) is 12.6. The molecule has 0 saturated carbocycles. The summed E-state index contributed by atoms with van der Waals surface area (Å²) in [5, 5.41) is 17.2. The monoisotopic (exact) mass is 291 g/mol. The van der Waals surface area contributed by atoms with Crippen LogP contribution in [0.1, 0.15) is 36.6 Å². The Morgan fingerprint density at radius 3 is 2.68 bits per heavy atom. The second kappa shape index (κ2) is 5.86. The normalized spacial score (nSPS) is 10.8. The molecule has 0 amide bonds. The van der Waals surface area contributed by atoms with Crippen LogP contribution in [0.4, 0.5) is 5.82 Å². The first-order chi connectivity index (χ1) is 10.7. The van der Waals surface area contributed by atoms with Gasteiger partial charge in [-0.15, -0.1) is 0 Å². The van der Waals surface area contributed by atoms with Crippen molar-refractivity contribution in [3.05, 3.63) is 59.4 Å². The fraction of sp³-hybridized carbons (Fsp3) is 0.235. The smallest absolute Gasteiger partial charge is 0.157 e. The molecule has 0 bridgehead atoms. The van der Waals surface area contributed by atoms with Crippen molar-refractivity contribution in [2.45, 2.75) is 26.3 Å². The van der Waals surface area contributed by atoms with Crippen molar-refractivity contribution in [3.8, 4) is 6.07 Å². The highest BCUT2D eigenvalue weighted by Gasteiger charge is 2.17. The van der Waals surface area contributed by atoms with Crippen molar-refractivity contribution >= 4 is 11.5 Å². The van der Waals surface area contributed by atoms with Crippen molar-refractivity contribution < 1.29 is 0 Å². The highest BCUT2D eigenvalue weighted by molar-refractivity contribution is 5.61. The highest BCUT2D eigenvalue weighted by Crippen LogP contribution is 2.25. The maximum Gasteiger partial charge on any atom is 0.157 e. The van der Waals surface area contributed by atoms with E-state index in [9.17, 15) is 5.26 Å². The molecule has 0 radical (unpaired) electrons. The third kappa shape index (κ3) is 2.51. The minimum Gasteiger partial charge on any atom is -0.365 e. The number of nitriles is 1. The number of aromatic nitrogens is 3. The number of rotatable bonds is 4. The molecule has 3 rings (SSSR count). The maximum atomic E-state index is 9.57. The van der Waals surface area contributed by atoms with Gasteiger partial charge < -0.3 is 5.32 Å². The van der Waals surface area contributed by atoms with Gasteiger partial charge in [0.15, 0.2) is 5.65 Å². The van der Waals surface area contributed by atoms with Crippen molar-refractivity contribution in [3.63, 3.8) is 0 Å². The van der Waals surface area contributed by atoms with Crippen molar-refractivity contribution in [2.24, 2.45) is 0 Å². The third-order valence-electron chi connectivity index (χ3n) is 3.52. The van der Waals surface area contributed by atoms with Gasteiger partial charge in [0.1, 0.15) is 17.5 Å². The lowest BCUT2D eigenvalue weighted by Crippen LogP contribution is -2.12. The summed E-state index contributed by atoms with van der Waals surface area (Å²) in [7, 11) is 0. The first-order valence-electron chi connectivity index (χ1n) is 7.26. The zero-order valence-corrected chi connectivity index (χ0v) is 12.6. The lowest BCUT2D eigenvalue weighted by molar-refractivity contribution is 0.802. The molecule has 2 aromatic heterocycles. The van der Waals surface area contributed by atoms with Gasteiger partial charge in [0.2, 0.25) is 0 Å². The number of nitrogens with zero attached hydrogens (tertiary/aromatic N) is 4. The van der Waals surface area contributed by atoms with Crippen LogP contribution < -0.4 is 5.32 Å². The molecule has 0 fully saturated rings. The maximum absolute atomic E-state index is 9.57. The van der Waals surface area contributed by atoms with Crippen molar-refractivity contribution in [2.75, 3.05) is 5.32 Å². The summed E-state index contributed by atoms with van der Waals surface area (Å²) in [6.45, 7) is 4.71. The van der Waals surface area contributed by atoms with Crippen LogP contribution in [0.3, 0.4) is 0 Å². The average Bonchev–Trinajstić information content (AvgIpc) is 3.00. The molecule has 5 heteroatoms. The van der Waals surface area contributed by atoms with Gasteiger partial charge in [0, 0.05) is 12.6 Å². The number of nitrogens with one attached hydrogen (secondary N) is 1. The summed E-state index contributed by atoms with van der Waals surface area (Å²) in [4.78, 5) is 4.56. The van der Waals surface area contributed by atoms with E-state index in [-0.39, 0.29) is 5.92 Å². The Bertz CT molecular complexity index is 827.